The smallest absolute Gasteiger partial charge is 0.0143 e. The van der Waals surface area contributed by atoms with E-state index in [0.717, 1.165) is 12.8 Å². The van der Waals surface area contributed by atoms with E-state index < -0.39 is 0 Å². The van der Waals surface area contributed by atoms with Gasteiger partial charge in [0.05, 0.1) is 0 Å². The van der Waals surface area contributed by atoms with Gasteiger partial charge in [-0.3, -0.25) is 0 Å². The predicted molar refractivity (Wildman–Crippen MR) is 70.5 cm³/mol. The average Bonchev–Trinajstić information content (AvgIpc) is 2.34. The second-order valence-electron chi connectivity index (χ2n) is 4.12. The first-order valence-corrected chi connectivity index (χ1v) is 5.90. The number of hydrogen-bond donors (Lipinski definition) is 0. The lowest BCUT2D eigenvalue weighted by Crippen LogP contribution is -1.86. The van der Waals surface area contributed by atoms with Gasteiger partial charge in [0.15, 0.2) is 0 Å². The predicted octanol–water partition coefficient (Wildman–Crippen LogP) is 4.54. The lowest BCUT2D eigenvalue weighted by Gasteiger charge is -2.02. The van der Waals surface area contributed by atoms with Crippen molar-refractivity contribution in [2.45, 2.75) is 25.7 Å². The minimum atomic E-state index is 1.12. The molecule has 0 saturated heterocycles. The van der Waals surface area contributed by atoms with Crippen LogP contribution in [-0.2, 0) is 6.42 Å². The molecule has 2 rings (SSSR count). The van der Waals surface area contributed by atoms with E-state index in [-0.39, 0.29) is 0 Å². The van der Waals surface area contributed by atoms with Crippen LogP contribution in [-0.4, -0.2) is 0 Å². The van der Waals surface area contributed by atoms with E-state index in [4.69, 9.17) is 0 Å². The molecule has 0 aromatic heterocycles. The van der Waals surface area contributed by atoms with E-state index in [9.17, 15) is 0 Å². The van der Waals surface area contributed by atoms with Gasteiger partial charge in [-0.05, 0) is 54.2 Å². The Morgan fingerprint density at radius 3 is 2.75 bits per heavy atom. The van der Waals surface area contributed by atoms with E-state index in [1.54, 1.807) is 0 Å². The first-order valence-electron chi connectivity index (χ1n) is 5.90. The fourth-order valence-electron chi connectivity index (χ4n) is 1.92. The molecule has 0 N–H and O–H groups in total. The van der Waals surface area contributed by atoms with Gasteiger partial charge in [0.2, 0.25) is 0 Å². The van der Waals surface area contributed by atoms with Crippen LogP contribution < -0.4 is 0 Å². The standard InChI is InChI=1S/C16H17/c1-2-3-4-5-8-14-11-12-15-9-6-7-10-16(15)13-14/h2,6-7,9-10,12-13H,1,3-5,8H2. The van der Waals surface area contributed by atoms with Crippen molar-refractivity contribution in [3.8, 4) is 0 Å². The highest BCUT2D eigenvalue weighted by molar-refractivity contribution is 5.82. The second kappa shape index (κ2) is 5.50. The summed E-state index contributed by atoms with van der Waals surface area (Å²) in [5, 5.41) is 2.59. The molecule has 0 heterocycles. The number of unbranched alkanes of at least 4 members (excludes halogenated alkanes) is 2. The Morgan fingerprint density at radius 1 is 1.12 bits per heavy atom. The molecule has 0 aliphatic carbocycles. The van der Waals surface area contributed by atoms with E-state index >= 15 is 0 Å². The van der Waals surface area contributed by atoms with Crippen LogP contribution in [0.1, 0.15) is 24.8 Å². The molecule has 81 valence electrons. The van der Waals surface area contributed by atoms with E-state index in [1.165, 1.54) is 29.2 Å². The van der Waals surface area contributed by atoms with Crippen LogP contribution in [0.3, 0.4) is 0 Å². The van der Waals surface area contributed by atoms with Crippen LogP contribution in [0.5, 0.6) is 0 Å². The van der Waals surface area contributed by atoms with Crippen molar-refractivity contribution < 1.29 is 0 Å². The monoisotopic (exact) mass is 209 g/mol. The summed E-state index contributed by atoms with van der Waals surface area (Å²) in [6, 6.07) is 16.2. The normalized spacial score (nSPS) is 10.5. The Hall–Kier alpha value is -1.56. The van der Waals surface area contributed by atoms with Crippen LogP contribution in [0.2, 0.25) is 0 Å². The molecule has 0 nitrogen and oxygen atoms in total. The van der Waals surface area contributed by atoms with Gasteiger partial charge in [0.25, 0.3) is 0 Å². The number of fused-ring (bicyclic) bond motifs is 1. The van der Waals surface area contributed by atoms with Gasteiger partial charge in [0.1, 0.15) is 0 Å². The lowest BCUT2D eigenvalue weighted by molar-refractivity contribution is 0.748. The molecule has 0 unspecified atom stereocenters. The third-order valence-electron chi connectivity index (χ3n) is 2.84. The summed E-state index contributed by atoms with van der Waals surface area (Å²) < 4.78 is 0. The summed E-state index contributed by atoms with van der Waals surface area (Å²) in [5.74, 6) is 0. The highest BCUT2D eigenvalue weighted by atomic mass is 14.0. The van der Waals surface area contributed by atoms with Crippen LogP contribution in [0.15, 0.2) is 49.1 Å². The molecule has 0 atom stereocenters. The van der Waals surface area contributed by atoms with Gasteiger partial charge in [-0.1, -0.05) is 36.4 Å². The fraction of sp³-hybridized carbons (Fsp3) is 0.250. The number of aryl methyl sites for hydroxylation is 1. The van der Waals surface area contributed by atoms with Gasteiger partial charge in [-0.25, -0.2) is 0 Å². The van der Waals surface area contributed by atoms with Crippen LogP contribution in [0.4, 0.5) is 0 Å². The Bertz CT molecular complexity index is 468. The number of rotatable bonds is 5. The van der Waals surface area contributed by atoms with Gasteiger partial charge >= 0.3 is 0 Å². The summed E-state index contributed by atoms with van der Waals surface area (Å²) in [4.78, 5) is 0. The summed E-state index contributed by atoms with van der Waals surface area (Å²) >= 11 is 0. The van der Waals surface area contributed by atoms with E-state index in [0.29, 0.717) is 0 Å². The van der Waals surface area contributed by atoms with Gasteiger partial charge in [-0.2, -0.15) is 0 Å². The quantitative estimate of drug-likeness (QED) is 0.501. The van der Waals surface area contributed by atoms with Crippen molar-refractivity contribution in [2.75, 3.05) is 0 Å². The molecule has 2 aromatic rings. The maximum atomic E-state index is 3.74. The van der Waals surface area contributed by atoms with Crippen LogP contribution in [0, 0.1) is 6.07 Å². The molecular weight excluding hydrogens is 192 g/mol. The molecule has 16 heavy (non-hydrogen) atoms. The minimum Gasteiger partial charge on any atom is -0.103 e. The lowest BCUT2D eigenvalue weighted by atomic mass is 10.0. The summed E-state index contributed by atoms with van der Waals surface area (Å²) in [7, 11) is 0. The zero-order valence-electron chi connectivity index (χ0n) is 9.58. The molecule has 2 aromatic carbocycles. The zero-order chi connectivity index (χ0) is 11.2. The van der Waals surface area contributed by atoms with Crippen molar-refractivity contribution in [3.63, 3.8) is 0 Å². The molecule has 0 saturated carbocycles. The van der Waals surface area contributed by atoms with E-state index in [2.05, 4.69) is 49.0 Å². The highest BCUT2D eigenvalue weighted by Crippen LogP contribution is 2.16. The molecule has 0 amide bonds. The van der Waals surface area contributed by atoms with Crippen LogP contribution in [0.25, 0.3) is 10.8 Å². The molecule has 0 spiro atoms. The first-order chi connectivity index (χ1) is 7.90. The largest absolute Gasteiger partial charge is 0.103 e. The molecule has 0 aliphatic heterocycles. The van der Waals surface area contributed by atoms with Crippen LogP contribution >= 0.6 is 0 Å². The number of allylic oxidation sites excluding steroid dienone is 1. The third-order valence-corrected chi connectivity index (χ3v) is 2.84. The van der Waals surface area contributed by atoms with Gasteiger partial charge < -0.3 is 0 Å². The highest BCUT2D eigenvalue weighted by Gasteiger charge is 1.96. The Kier molecular flexibility index (Phi) is 3.76. The Balaban J connectivity index is 2.05. The number of benzene rings is 2. The maximum Gasteiger partial charge on any atom is -0.0143 e. The van der Waals surface area contributed by atoms with Gasteiger partial charge in [-0.15, -0.1) is 6.58 Å². The summed E-state index contributed by atoms with van der Waals surface area (Å²) in [6.45, 7) is 3.74. The van der Waals surface area contributed by atoms with Crippen molar-refractivity contribution in [2.24, 2.45) is 0 Å². The Morgan fingerprint density at radius 2 is 1.94 bits per heavy atom. The Labute approximate surface area is 97.6 Å². The maximum absolute atomic E-state index is 3.74. The SMILES string of the molecule is C=CCCCCc1[c]cc2ccccc2c1. The van der Waals surface area contributed by atoms with Gasteiger partial charge in [0, 0.05) is 0 Å². The third kappa shape index (κ3) is 2.73. The summed E-state index contributed by atoms with van der Waals surface area (Å²) in [5.41, 5.74) is 1.32. The molecular formula is C16H17. The molecule has 0 aliphatic rings. The summed E-state index contributed by atoms with van der Waals surface area (Å²) in [6.07, 6.45) is 6.68. The minimum absolute atomic E-state index is 1.12. The topological polar surface area (TPSA) is 0 Å². The first kappa shape index (κ1) is 10.9. The average molecular weight is 209 g/mol. The van der Waals surface area contributed by atoms with E-state index in [1.807, 2.05) is 6.08 Å². The molecule has 0 bridgehead atoms. The van der Waals surface area contributed by atoms with Crippen molar-refractivity contribution >= 4 is 10.8 Å². The second-order valence-corrected chi connectivity index (χ2v) is 4.12. The fourth-order valence-corrected chi connectivity index (χ4v) is 1.92. The molecule has 1 radical (unpaired) electrons. The zero-order valence-corrected chi connectivity index (χ0v) is 9.58. The molecule has 0 heteroatoms. The van der Waals surface area contributed by atoms with Crippen molar-refractivity contribution in [3.05, 3.63) is 60.7 Å². The van der Waals surface area contributed by atoms with Crippen molar-refractivity contribution in [1.29, 1.82) is 0 Å². The van der Waals surface area contributed by atoms with Crippen molar-refractivity contribution in [1.82, 2.24) is 0 Å². The molecule has 0 fully saturated rings. The number of hydrogen-bond acceptors (Lipinski definition) is 0.